The molecule has 1 aromatic carbocycles. The standard InChI is InChI=1S/C25H23ClN4O2S/c1-25(2)11-17-19(18(31)12-25)20(16-9-5-6-10-27-16)21-22(28-17)29-24(30-23(21)32)33-13-14-7-3-4-8-15(14)26/h3-10,20H,11-13H2,1-2H3,(H2,28,29,30,32). The number of halogens is 1. The molecule has 2 N–H and O–H groups in total. The molecule has 33 heavy (non-hydrogen) atoms. The Morgan fingerprint density at radius 2 is 1.91 bits per heavy atom. The second-order valence-corrected chi connectivity index (χ2v) is 10.5. The lowest BCUT2D eigenvalue weighted by molar-refractivity contribution is -0.118. The van der Waals surface area contributed by atoms with Crippen molar-refractivity contribution < 1.29 is 4.79 Å². The van der Waals surface area contributed by atoms with Crippen molar-refractivity contribution in [3.63, 3.8) is 0 Å². The summed E-state index contributed by atoms with van der Waals surface area (Å²) in [7, 11) is 0. The molecule has 1 aliphatic carbocycles. The second-order valence-electron chi connectivity index (χ2n) is 9.16. The first kappa shape index (κ1) is 21.9. The molecule has 0 fully saturated rings. The van der Waals surface area contributed by atoms with E-state index in [0.717, 1.165) is 11.3 Å². The third kappa shape index (κ3) is 4.23. The number of fused-ring (bicyclic) bond motifs is 1. The predicted octanol–water partition coefficient (Wildman–Crippen LogP) is 5.31. The van der Waals surface area contributed by atoms with Crippen molar-refractivity contribution in [3.8, 4) is 0 Å². The number of Topliss-reactive ketones (excluding diaryl/α,β-unsaturated/α-hetero) is 1. The first-order chi connectivity index (χ1) is 15.8. The largest absolute Gasteiger partial charge is 0.343 e. The first-order valence-electron chi connectivity index (χ1n) is 10.8. The summed E-state index contributed by atoms with van der Waals surface area (Å²) in [5, 5.41) is 4.51. The molecule has 2 aromatic heterocycles. The molecular weight excluding hydrogens is 456 g/mol. The van der Waals surface area contributed by atoms with Crippen LogP contribution in [0, 0.1) is 5.41 Å². The van der Waals surface area contributed by atoms with Crippen LogP contribution in [-0.2, 0) is 10.5 Å². The van der Waals surface area contributed by atoms with Crippen molar-refractivity contribution in [1.29, 1.82) is 0 Å². The van der Waals surface area contributed by atoms with Gasteiger partial charge in [-0.2, -0.15) is 0 Å². The number of allylic oxidation sites excluding steroid dienone is 2. The molecule has 2 aliphatic rings. The van der Waals surface area contributed by atoms with Crippen LogP contribution in [0.1, 0.15) is 49.4 Å². The molecular formula is C25H23ClN4O2S. The Morgan fingerprint density at radius 3 is 2.67 bits per heavy atom. The van der Waals surface area contributed by atoms with Gasteiger partial charge in [0.2, 0.25) is 0 Å². The van der Waals surface area contributed by atoms with Gasteiger partial charge in [0.05, 0.1) is 17.2 Å². The van der Waals surface area contributed by atoms with Gasteiger partial charge in [-0.15, -0.1) is 0 Å². The summed E-state index contributed by atoms with van der Waals surface area (Å²) in [6, 6.07) is 13.2. The molecule has 5 rings (SSSR count). The van der Waals surface area contributed by atoms with Gasteiger partial charge in [-0.05, 0) is 35.6 Å². The molecule has 6 nitrogen and oxygen atoms in total. The fourth-order valence-electron chi connectivity index (χ4n) is 4.57. The molecule has 1 aliphatic heterocycles. The molecule has 168 valence electrons. The van der Waals surface area contributed by atoms with Crippen LogP contribution in [0.5, 0.6) is 0 Å². The van der Waals surface area contributed by atoms with E-state index >= 15 is 0 Å². The Labute approximate surface area is 200 Å². The number of carbonyl (C=O) groups is 1. The minimum Gasteiger partial charge on any atom is -0.343 e. The molecule has 3 aromatic rings. The van der Waals surface area contributed by atoms with Crippen LogP contribution in [0.25, 0.3) is 0 Å². The van der Waals surface area contributed by atoms with Crippen LogP contribution in [0.15, 0.2) is 69.9 Å². The summed E-state index contributed by atoms with van der Waals surface area (Å²) in [6.45, 7) is 4.16. The van der Waals surface area contributed by atoms with E-state index in [4.69, 9.17) is 16.6 Å². The number of anilines is 1. The van der Waals surface area contributed by atoms with Crippen molar-refractivity contribution in [3.05, 3.63) is 92.1 Å². The average molecular weight is 479 g/mol. The van der Waals surface area contributed by atoms with Gasteiger partial charge in [-0.3, -0.25) is 14.6 Å². The molecule has 0 saturated carbocycles. The van der Waals surface area contributed by atoms with E-state index in [0.29, 0.717) is 51.4 Å². The highest BCUT2D eigenvalue weighted by Gasteiger charge is 2.42. The molecule has 3 heterocycles. The van der Waals surface area contributed by atoms with E-state index in [9.17, 15) is 9.59 Å². The summed E-state index contributed by atoms with van der Waals surface area (Å²) < 4.78 is 0. The lowest BCUT2D eigenvalue weighted by Gasteiger charge is -2.38. The SMILES string of the molecule is CC1(C)CC(=O)C2=C(C1)Nc1nc(SCc3ccccc3Cl)[nH]c(=O)c1C2c1ccccn1. The summed E-state index contributed by atoms with van der Waals surface area (Å²) >= 11 is 7.69. The number of benzene rings is 1. The fraction of sp³-hybridized carbons (Fsp3) is 0.280. The van der Waals surface area contributed by atoms with Crippen LogP contribution in [0.2, 0.25) is 5.02 Å². The number of pyridine rings is 1. The third-order valence-electron chi connectivity index (χ3n) is 6.01. The number of rotatable bonds is 4. The van der Waals surface area contributed by atoms with Crippen LogP contribution >= 0.6 is 23.4 Å². The maximum atomic E-state index is 13.3. The number of nitrogens with zero attached hydrogens (tertiary/aromatic N) is 2. The highest BCUT2D eigenvalue weighted by atomic mass is 35.5. The summed E-state index contributed by atoms with van der Waals surface area (Å²) in [5.41, 5.74) is 3.09. The Hall–Kier alpha value is -2.90. The quantitative estimate of drug-likeness (QED) is 0.390. The Bertz CT molecular complexity index is 1330. The van der Waals surface area contributed by atoms with E-state index in [1.807, 2.05) is 42.5 Å². The van der Waals surface area contributed by atoms with Crippen LogP contribution in [0.3, 0.4) is 0 Å². The van der Waals surface area contributed by atoms with Gasteiger partial charge < -0.3 is 10.3 Å². The van der Waals surface area contributed by atoms with Crippen molar-refractivity contribution >= 4 is 35.0 Å². The van der Waals surface area contributed by atoms with Crippen molar-refractivity contribution in [1.82, 2.24) is 15.0 Å². The number of aromatic amines is 1. The maximum absolute atomic E-state index is 13.3. The topological polar surface area (TPSA) is 87.7 Å². The number of ketones is 1. The zero-order valence-electron chi connectivity index (χ0n) is 18.3. The van der Waals surface area contributed by atoms with Crippen molar-refractivity contribution in [2.75, 3.05) is 5.32 Å². The van der Waals surface area contributed by atoms with Crippen LogP contribution in [-0.4, -0.2) is 20.7 Å². The van der Waals surface area contributed by atoms with E-state index in [1.54, 1.807) is 6.20 Å². The number of hydrogen-bond donors (Lipinski definition) is 2. The van der Waals surface area contributed by atoms with Gasteiger partial charge in [0.15, 0.2) is 10.9 Å². The lowest BCUT2D eigenvalue weighted by atomic mass is 9.70. The van der Waals surface area contributed by atoms with Crippen LogP contribution < -0.4 is 10.9 Å². The second kappa shape index (κ2) is 8.47. The monoisotopic (exact) mass is 478 g/mol. The number of nitrogens with one attached hydrogen (secondary N) is 2. The van der Waals surface area contributed by atoms with Gasteiger partial charge in [-0.1, -0.05) is 61.5 Å². The molecule has 0 radical (unpaired) electrons. The first-order valence-corrected chi connectivity index (χ1v) is 12.1. The lowest BCUT2D eigenvalue weighted by Crippen LogP contribution is -2.37. The van der Waals surface area contributed by atoms with Gasteiger partial charge >= 0.3 is 0 Å². The highest BCUT2D eigenvalue weighted by molar-refractivity contribution is 7.98. The van der Waals surface area contributed by atoms with Gasteiger partial charge in [0.1, 0.15) is 5.82 Å². The number of thioether (sulfide) groups is 1. The Morgan fingerprint density at radius 1 is 1.12 bits per heavy atom. The van der Waals surface area contributed by atoms with Crippen molar-refractivity contribution in [2.45, 2.75) is 43.5 Å². The molecule has 8 heteroatoms. The van der Waals surface area contributed by atoms with E-state index in [2.05, 4.69) is 29.1 Å². The fourth-order valence-corrected chi connectivity index (χ4v) is 5.71. The zero-order valence-corrected chi connectivity index (χ0v) is 19.9. The van der Waals surface area contributed by atoms with Gasteiger partial charge in [0.25, 0.3) is 5.56 Å². The molecule has 1 unspecified atom stereocenters. The molecule has 0 amide bonds. The zero-order chi connectivity index (χ0) is 23.2. The summed E-state index contributed by atoms with van der Waals surface area (Å²) in [4.78, 5) is 38.7. The van der Waals surface area contributed by atoms with E-state index in [1.165, 1.54) is 11.8 Å². The minimum atomic E-state index is -0.542. The summed E-state index contributed by atoms with van der Waals surface area (Å²) in [6.07, 6.45) is 2.82. The Balaban J connectivity index is 1.58. The van der Waals surface area contributed by atoms with Crippen molar-refractivity contribution in [2.24, 2.45) is 5.41 Å². The van der Waals surface area contributed by atoms with E-state index in [-0.39, 0.29) is 16.8 Å². The predicted molar refractivity (Wildman–Crippen MR) is 131 cm³/mol. The Kier molecular flexibility index (Phi) is 5.62. The summed E-state index contributed by atoms with van der Waals surface area (Å²) in [5.74, 6) is 0.566. The van der Waals surface area contributed by atoms with E-state index < -0.39 is 5.92 Å². The normalized spacial score (nSPS) is 19.0. The molecule has 0 spiro atoms. The molecule has 1 atom stereocenters. The minimum absolute atomic E-state index is 0.0478. The number of aromatic nitrogens is 3. The number of carbonyl (C=O) groups excluding carboxylic acids is 1. The molecule has 0 bridgehead atoms. The number of H-pyrrole nitrogens is 1. The smallest absolute Gasteiger partial charge is 0.257 e. The maximum Gasteiger partial charge on any atom is 0.257 e. The average Bonchev–Trinajstić information content (AvgIpc) is 2.77. The van der Waals surface area contributed by atoms with Gasteiger partial charge in [-0.25, -0.2) is 4.98 Å². The van der Waals surface area contributed by atoms with Gasteiger partial charge in [0, 0.05) is 34.7 Å². The number of hydrogen-bond acceptors (Lipinski definition) is 6. The highest BCUT2D eigenvalue weighted by Crippen LogP contribution is 2.47. The third-order valence-corrected chi connectivity index (χ3v) is 7.30. The molecule has 0 saturated heterocycles. The van der Waals surface area contributed by atoms with Crippen LogP contribution in [0.4, 0.5) is 5.82 Å².